The van der Waals surface area contributed by atoms with Gasteiger partial charge in [-0.15, -0.1) is 0 Å². The molecular weight excluding hydrogens is 1480 g/mol. The van der Waals surface area contributed by atoms with E-state index >= 15 is 0 Å². The van der Waals surface area contributed by atoms with Crippen LogP contribution in [0.3, 0.4) is 0 Å². The Labute approximate surface area is 699 Å². The molecule has 12 aliphatic rings. The van der Waals surface area contributed by atoms with Crippen molar-refractivity contribution in [2.75, 3.05) is 39.3 Å². The van der Waals surface area contributed by atoms with Gasteiger partial charge in [-0.05, 0) is 198 Å². The predicted molar refractivity (Wildman–Crippen MR) is 456 cm³/mol. The molecule has 630 valence electrons. The normalized spacial score (nSPS) is 33.6. The molecule has 4 heterocycles. The molecule has 4 aliphatic heterocycles. The smallest absolute Gasteiger partial charge is 0.242 e. The summed E-state index contributed by atoms with van der Waals surface area (Å²) in [7, 11) is 0. The Morgan fingerprint density at radius 1 is 0.517 bits per heavy atom. The molecule has 0 aromatic heterocycles. The maximum atomic E-state index is 13.9. The number of aliphatic hydroxyl groups is 1. The number of ether oxygens (including phenoxy) is 2. The van der Waals surface area contributed by atoms with Crippen LogP contribution in [0.4, 0.5) is 0 Å². The van der Waals surface area contributed by atoms with Crippen LogP contribution in [0, 0.1) is 70.0 Å². The highest BCUT2D eigenvalue weighted by molar-refractivity contribution is 6.09. The van der Waals surface area contributed by atoms with Crippen LogP contribution in [-0.2, 0) is 55.9 Å². The lowest BCUT2D eigenvalue weighted by Gasteiger charge is -2.49. The number of carbonyl (C=O) groups is 9. The standard InChI is InChI=1S/C50H65N3O6.C50H63N3O6/c2*1-30-25-44-46(33(4)50(59-44)22-20-39-40-17-16-37-27-38(55)19-21-49(37,5)42(40)28-41(39)32(50)3)53(29-30)24-23-51-48(58)43(52-45(56)18-11-31(2)54)26-34-12-14-36(15-13-34)47(57)35-9-7-6-8-10-35/h6-10,12-16,30,33,38-40,42-44,46,55H,11,17-29H2,1-5H3,(H,51,58)(H,52,56);6-10,12-16,30,33,39-40,42-44,46H,11,17-29H2,1-5H3,(H,51,58)(H,52,56)/t30-,33+,38-,39-,40-,42-,43-,44+,46-,49-,50-;30-,33+,39-,40-,42-,43-,44+,46-,49-,50-/m00/s1. The fraction of sp³-hybridized carbons (Fsp3) is 0.590. The molecule has 8 aliphatic carbocycles. The number of nitrogens with zero attached hydrogens (tertiary/aromatic N) is 2. The minimum absolute atomic E-state index is 0.0217. The number of nitrogens with one attached hydrogen (secondary N) is 4. The van der Waals surface area contributed by atoms with Gasteiger partial charge in [0.2, 0.25) is 23.6 Å². The van der Waals surface area contributed by atoms with E-state index in [1.807, 2.05) is 60.7 Å². The number of rotatable bonds is 24. The molecule has 0 unspecified atom stereocenters. The number of ketones is 5. The van der Waals surface area contributed by atoms with Gasteiger partial charge in [0.15, 0.2) is 11.6 Å². The average Bonchev–Trinajstić information content (AvgIpc) is 1.54. The molecular formula is C100H128N6O12. The molecule has 18 heteroatoms. The molecule has 5 N–H and O–H groups in total. The van der Waals surface area contributed by atoms with Crippen LogP contribution in [-0.4, -0.2) is 160 Å². The van der Waals surface area contributed by atoms with Gasteiger partial charge in [0.1, 0.15) is 29.4 Å². The van der Waals surface area contributed by atoms with Crippen LogP contribution in [0.25, 0.3) is 0 Å². The van der Waals surface area contributed by atoms with Gasteiger partial charge in [-0.25, -0.2) is 0 Å². The van der Waals surface area contributed by atoms with Gasteiger partial charge >= 0.3 is 0 Å². The Bertz CT molecular complexity index is 4610. The molecule has 4 aromatic carbocycles. The van der Waals surface area contributed by atoms with Crippen LogP contribution in [0.1, 0.15) is 241 Å². The highest BCUT2D eigenvalue weighted by Crippen LogP contribution is 2.68. The first-order chi connectivity index (χ1) is 56.5. The van der Waals surface area contributed by atoms with Crippen molar-refractivity contribution in [3.8, 4) is 0 Å². The molecule has 2 spiro atoms. The maximum Gasteiger partial charge on any atom is 0.242 e. The number of carbonyl (C=O) groups excluding carboxylic acids is 9. The fourth-order valence-electron chi connectivity index (χ4n) is 25.3. The number of allylic oxidation sites excluding steroid dienone is 5. The van der Waals surface area contributed by atoms with Gasteiger partial charge in [0.25, 0.3) is 0 Å². The fourth-order valence-corrected chi connectivity index (χ4v) is 25.3. The molecule has 8 fully saturated rings. The van der Waals surface area contributed by atoms with E-state index in [1.54, 1.807) is 59.7 Å². The number of aliphatic hydroxyl groups excluding tert-OH is 1. The Morgan fingerprint density at radius 3 is 1.36 bits per heavy atom. The summed E-state index contributed by atoms with van der Waals surface area (Å²) >= 11 is 0. The molecule has 4 saturated carbocycles. The van der Waals surface area contributed by atoms with E-state index in [0.717, 1.165) is 108 Å². The third-order valence-corrected chi connectivity index (χ3v) is 31.5. The second kappa shape index (κ2) is 35.1. The lowest BCUT2D eigenvalue weighted by atomic mass is 9.56. The molecule has 18 nitrogen and oxygen atoms in total. The first-order valence-corrected chi connectivity index (χ1v) is 44.9. The van der Waals surface area contributed by atoms with Crippen molar-refractivity contribution >= 4 is 52.5 Å². The number of piperidine rings is 2. The SMILES string of the molecule is CC(=O)CCC(=O)N[C@@H](Cc1ccc(C(=O)c2ccccc2)cc1)C(=O)NCCN1C[C@@H](C)C[C@H]2O[C@]3(CC[C@@H]4C(=C3C)C[C@H]3[C@H]4CC=C4CC(=O)CC[C@@]43C)[C@H](C)[C@@H]21.CC(=O)CCC(=O)N[C@@H](Cc1ccc(C(=O)c2ccccc2)cc1)C(=O)NCCN1C[C@@H](C)C[C@H]2O[C@]3(CC[C@@H]4C(=C3C)C[C@H]3[C@H]4CC=C4C[C@@H](O)CC[C@@]43C)[C@H](C)[C@@H]21. The zero-order chi connectivity index (χ0) is 83.3. The molecule has 16 rings (SSSR count). The first-order valence-electron chi connectivity index (χ1n) is 44.9. The van der Waals surface area contributed by atoms with Crippen molar-refractivity contribution in [3.63, 3.8) is 0 Å². The lowest BCUT2D eigenvalue weighted by Crippen LogP contribution is -2.55. The van der Waals surface area contributed by atoms with Crippen LogP contribution in [0.2, 0.25) is 0 Å². The quantitative estimate of drug-likeness (QED) is 0.0324. The molecule has 4 amide bonds. The van der Waals surface area contributed by atoms with Crippen LogP contribution < -0.4 is 21.3 Å². The minimum Gasteiger partial charge on any atom is -0.393 e. The van der Waals surface area contributed by atoms with Crippen molar-refractivity contribution in [3.05, 3.63) is 188 Å². The Morgan fingerprint density at radius 2 is 0.932 bits per heavy atom. The summed E-state index contributed by atoms with van der Waals surface area (Å²) in [5.41, 5.74) is 12.9. The Kier molecular flexibility index (Phi) is 25.3. The number of likely N-dealkylation sites (tertiary alicyclic amines) is 2. The third-order valence-electron chi connectivity index (χ3n) is 31.5. The molecule has 21 atom stereocenters. The summed E-state index contributed by atoms with van der Waals surface area (Å²) in [5.74, 6) is 4.23. The number of hydrogen-bond donors (Lipinski definition) is 5. The number of benzene rings is 4. The Balaban J connectivity index is 0.000000185. The van der Waals surface area contributed by atoms with Crippen LogP contribution >= 0.6 is 0 Å². The van der Waals surface area contributed by atoms with Gasteiger partial charge in [-0.2, -0.15) is 0 Å². The summed E-state index contributed by atoms with van der Waals surface area (Å²) in [6.45, 7) is 26.2. The maximum absolute atomic E-state index is 13.9. The van der Waals surface area contributed by atoms with Gasteiger partial charge in [0.05, 0.1) is 29.5 Å². The lowest BCUT2D eigenvalue weighted by molar-refractivity contribution is -0.129. The summed E-state index contributed by atoms with van der Waals surface area (Å²) < 4.78 is 14.7. The monoisotopic (exact) mass is 1600 g/mol. The largest absolute Gasteiger partial charge is 0.393 e. The number of fused-ring (bicyclic) bond motifs is 12. The van der Waals surface area contributed by atoms with Gasteiger partial charge in [0, 0.05) is 137 Å². The minimum atomic E-state index is -0.836. The van der Waals surface area contributed by atoms with Gasteiger partial charge < -0.3 is 45.4 Å². The summed E-state index contributed by atoms with van der Waals surface area (Å²) in [6.07, 6.45) is 22.0. The van der Waals surface area contributed by atoms with E-state index in [0.29, 0.717) is 126 Å². The highest BCUT2D eigenvalue weighted by atomic mass is 16.5. The summed E-state index contributed by atoms with van der Waals surface area (Å²) in [5, 5.41) is 22.6. The van der Waals surface area contributed by atoms with E-state index in [9.17, 15) is 48.3 Å². The van der Waals surface area contributed by atoms with Gasteiger partial charge in [-0.3, -0.25) is 43.4 Å². The van der Waals surface area contributed by atoms with E-state index in [1.165, 1.54) is 42.6 Å². The zero-order valence-electron chi connectivity index (χ0n) is 71.5. The molecule has 118 heavy (non-hydrogen) atoms. The van der Waals surface area contributed by atoms with E-state index in [-0.39, 0.29) is 138 Å². The van der Waals surface area contributed by atoms with Crippen molar-refractivity contribution in [2.24, 2.45) is 70.0 Å². The van der Waals surface area contributed by atoms with Gasteiger partial charge in [-0.1, -0.05) is 185 Å². The summed E-state index contributed by atoms with van der Waals surface area (Å²) in [4.78, 5) is 121. The third kappa shape index (κ3) is 16.9. The number of hydrogen-bond acceptors (Lipinski definition) is 14. The van der Waals surface area contributed by atoms with E-state index in [2.05, 4.69) is 98.6 Å². The average molecular weight is 1610 g/mol. The topological polar surface area (TPSA) is 247 Å². The predicted octanol–water partition coefficient (Wildman–Crippen LogP) is 14.5. The highest BCUT2D eigenvalue weighted by Gasteiger charge is 2.64. The molecule has 4 aromatic rings. The van der Waals surface area contributed by atoms with Crippen molar-refractivity contribution in [2.45, 2.75) is 264 Å². The molecule has 0 bridgehead atoms. The first kappa shape index (κ1) is 84.9. The summed E-state index contributed by atoms with van der Waals surface area (Å²) in [6, 6.07) is 31.5. The van der Waals surface area contributed by atoms with E-state index < -0.39 is 12.1 Å². The van der Waals surface area contributed by atoms with Crippen molar-refractivity contribution in [1.29, 1.82) is 0 Å². The molecule has 0 radical (unpaired) electrons. The number of amides is 4. The second-order valence-corrected chi connectivity index (χ2v) is 38.7. The van der Waals surface area contributed by atoms with E-state index in [4.69, 9.17) is 9.47 Å². The van der Waals surface area contributed by atoms with Crippen molar-refractivity contribution < 1.29 is 57.7 Å². The Hall–Kier alpha value is -8.13. The molecule has 4 saturated heterocycles. The second-order valence-electron chi connectivity index (χ2n) is 38.7. The zero-order valence-corrected chi connectivity index (χ0v) is 71.5. The van der Waals surface area contributed by atoms with Crippen molar-refractivity contribution in [1.82, 2.24) is 31.1 Å². The van der Waals surface area contributed by atoms with Crippen LogP contribution in [0.15, 0.2) is 155 Å². The number of Topliss-reactive ketones (excluding diaryl/α,β-unsaturated/α-hetero) is 3. The van der Waals surface area contributed by atoms with Crippen LogP contribution in [0.5, 0.6) is 0 Å².